The zero-order chi connectivity index (χ0) is 27.5. The molecule has 2 heterocycles. The van der Waals surface area contributed by atoms with Crippen LogP contribution in [0.25, 0.3) is 0 Å². The molecule has 0 bridgehead atoms. The molecule has 2 aliphatic rings. The molecule has 2 saturated heterocycles. The van der Waals surface area contributed by atoms with Crippen LogP contribution in [-0.2, 0) is 28.5 Å². The van der Waals surface area contributed by atoms with Crippen molar-refractivity contribution in [3.05, 3.63) is 0 Å². The summed E-state index contributed by atoms with van der Waals surface area (Å²) in [4.78, 5) is 23.7. The van der Waals surface area contributed by atoms with Crippen molar-refractivity contribution in [2.24, 2.45) is 0 Å². The van der Waals surface area contributed by atoms with Crippen LogP contribution in [0.3, 0.4) is 0 Å². The molecule has 2 amide bonds. The van der Waals surface area contributed by atoms with E-state index in [4.69, 9.17) is 29.2 Å². The zero-order valence-corrected chi connectivity index (χ0v) is 20.0. The van der Waals surface area contributed by atoms with Gasteiger partial charge in [-0.25, -0.2) is 0 Å². The van der Waals surface area contributed by atoms with Gasteiger partial charge < -0.3 is 70.4 Å². The van der Waals surface area contributed by atoms with E-state index >= 15 is 0 Å². The Morgan fingerprint density at radius 3 is 1.35 bits per heavy atom. The molecule has 0 aromatic rings. The highest BCUT2D eigenvalue weighted by atomic mass is 16.7. The molecule has 216 valence electrons. The first kappa shape index (κ1) is 31.6. The van der Waals surface area contributed by atoms with Gasteiger partial charge in [0.2, 0.25) is 11.8 Å². The zero-order valence-electron chi connectivity index (χ0n) is 20.0. The average Bonchev–Trinajstić information content (AvgIpc) is 2.88. The normalized spacial score (nSPS) is 36.2. The molecule has 0 aromatic heterocycles. The first-order valence-electron chi connectivity index (χ1n) is 11.7. The van der Waals surface area contributed by atoms with Crippen LogP contribution >= 0.6 is 0 Å². The first-order chi connectivity index (χ1) is 17.6. The van der Waals surface area contributed by atoms with Gasteiger partial charge in [0, 0.05) is 13.1 Å². The number of carbonyl (C=O) groups excluding carboxylic acids is 2. The Morgan fingerprint density at radius 1 is 0.622 bits per heavy atom. The maximum absolute atomic E-state index is 11.8. The smallest absolute Gasteiger partial charge is 0.234 e. The molecule has 2 fully saturated rings. The SMILES string of the molecule is O=C(CNCC(=O)NCCO[C@H]1O[C@H](CO)[C@@H](O)[C@H](O)[C@@H]1O)NCCO[C@H]1O[C@H](CO)[C@@H](O)[C@H](O)[C@@H]1O. The molecule has 17 heteroatoms. The molecule has 2 aliphatic heterocycles. The Labute approximate surface area is 211 Å². The number of amides is 2. The number of hydrogen-bond acceptors (Lipinski definition) is 15. The van der Waals surface area contributed by atoms with Crippen molar-refractivity contribution in [1.82, 2.24) is 16.0 Å². The summed E-state index contributed by atoms with van der Waals surface area (Å²) in [6, 6.07) is 0. The first-order valence-corrected chi connectivity index (χ1v) is 11.7. The summed E-state index contributed by atoms with van der Waals surface area (Å²) in [6.45, 7) is -1.78. The van der Waals surface area contributed by atoms with Gasteiger partial charge in [0.1, 0.15) is 48.8 Å². The molecular formula is C20H37N3O14. The summed E-state index contributed by atoms with van der Waals surface area (Å²) in [5, 5.41) is 84.4. The molecule has 0 unspecified atom stereocenters. The Hall–Kier alpha value is -1.58. The van der Waals surface area contributed by atoms with Gasteiger partial charge >= 0.3 is 0 Å². The summed E-state index contributed by atoms with van der Waals surface area (Å²) >= 11 is 0. The number of aliphatic hydroxyl groups excluding tert-OH is 8. The molecule has 2 rings (SSSR count). The number of hydrogen-bond donors (Lipinski definition) is 11. The van der Waals surface area contributed by atoms with E-state index in [2.05, 4.69) is 16.0 Å². The predicted molar refractivity (Wildman–Crippen MR) is 118 cm³/mol. The quantitative estimate of drug-likeness (QED) is 0.0908. The van der Waals surface area contributed by atoms with Crippen LogP contribution in [0, 0.1) is 0 Å². The predicted octanol–water partition coefficient (Wildman–Crippen LogP) is -7.56. The van der Waals surface area contributed by atoms with E-state index in [0.29, 0.717) is 0 Å². The minimum Gasteiger partial charge on any atom is -0.394 e. The van der Waals surface area contributed by atoms with E-state index in [0.717, 1.165) is 0 Å². The fourth-order valence-corrected chi connectivity index (χ4v) is 3.56. The van der Waals surface area contributed by atoms with E-state index in [1.807, 2.05) is 0 Å². The highest BCUT2D eigenvalue weighted by Gasteiger charge is 2.45. The summed E-state index contributed by atoms with van der Waals surface area (Å²) in [7, 11) is 0. The molecule has 37 heavy (non-hydrogen) atoms. The maximum Gasteiger partial charge on any atom is 0.234 e. The van der Waals surface area contributed by atoms with Gasteiger partial charge in [-0.05, 0) is 0 Å². The minimum atomic E-state index is -1.57. The third kappa shape index (κ3) is 9.29. The highest BCUT2D eigenvalue weighted by molar-refractivity contribution is 5.81. The van der Waals surface area contributed by atoms with Gasteiger partial charge in [-0.15, -0.1) is 0 Å². The largest absolute Gasteiger partial charge is 0.394 e. The number of rotatable bonds is 14. The van der Waals surface area contributed by atoms with Crippen molar-refractivity contribution in [2.45, 2.75) is 61.4 Å². The maximum atomic E-state index is 11.8. The number of nitrogens with one attached hydrogen (secondary N) is 3. The standard InChI is InChI=1S/C20H37N3O14/c24-7-9-13(28)15(30)17(32)19(36-9)34-3-1-22-11(26)5-21-6-12(27)23-2-4-35-20-18(33)16(31)14(29)10(8-25)37-20/h9-10,13-21,24-25,28-33H,1-8H2,(H,22,26)(H,23,27)/t9-,10-,13-,14-,15+,16+,17+,18+,19+,20+/m1/s1. The lowest BCUT2D eigenvalue weighted by atomic mass is 9.99. The third-order valence-corrected chi connectivity index (χ3v) is 5.68. The third-order valence-electron chi connectivity index (χ3n) is 5.68. The van der Waals surface area contributed by atoms with E-state index in [9.17, 15) is 40.2 Å². The molecule has 0 radical (unpaired) electrons. The van der Waals surface area contributed by atoms with Crippen molar-refractivity contribution in [2.75, 3.05) is 52.6 Å². The monoisotopic (exact) mass is 543 g/mol. The lowest BCUT2D eigenvalue weighted by Gasteiger charge is -2.39. The minimum absolute atomic E-state index is 0.0109. The molecule has 0 aliphatic carbocycles. The number of carbonyl (C=O) groups is 2. The highest BCUT2D eigenvalue weighted by Crippen LogP contribution is 2.22. The van der Waals surface area contributed by atoms with Crippen molar-refractivity contribution in [3.63, 3.8) is 0 Å². The number of ether oxygens (including phenoxy) is 4. The Kier molecular flexibility index (Phi) is 13.5. The fourth-order valence-electron chi connectivity index (χ4n) is 3.56. The summed E-state index contributed by atoms with van der Waals surface area (Å²) in [5.74, 6) is -0.924. The van der Waals surface area contributed by atoms with Crippen LogP contribution in [0.4, 0.5) is 0 Å². The van der Waals surface area contributed by atoms with Crippen LogP contribution in [0.1, 0.15) is 0 Å². The van der Waals surface area contributed by atoms with Crippen molar-refractivity contribution < 1.29 is 69.4 Å². The van der Waals surface area contributed by atoms with Crippen LogP contribution in [-0.4, -0.2) is 167 Å². The molecule has 10 atom stereocenters. The summed E-state index contributed by atoms with van der Waals surface area (Å²) in [6.07, 6.45) is -14.1. The van der Waals surface area contributed by atoms with E-state index in [-0.39, 0.29) is 39.4 Å². The molecule has 0 aromatic carbocycles. The second-order valence-corrected chi connectivity index (χ2v) is 8.44. The molecular weight excluding hydrogens is 506 g/mol. The summed E-state index contributed by atoms with van der Waals surface area (Å²) in [5.41, 5.74) is 0. The van der Waals surface area contributed by atoms with Gasteiger partial charge in [-0.2, -0.15) is 0 Å². The Balaban J connectivity index is 1.53. The lowest BCUT2D eigenvalue weighted by Crippen LogP contribution is -2.59. The van der Waals surface area contributed by atoms with E-state index in [1.165, 1.54) is 0 Å². The van der Waals surface area contributed by atoms with Gasteiger partial charge in [0.25, 0.3) is 0 Å². The van der Waals surface area contributed by atoms with E-state index in [1.54, 1.807) is 0 Å². The van der Waals surface area contributed by atoms with Gasteiger partial charge in [-0.3, -0.25) is 14.9 Å². The van der Waals surface area contributed by atoms with Crippen LogP contribution < -0.4 is 16.0 Å². The Bertz CT molecular complexity index is 645. The topological polar surface area (TPSA) is 269 Å². The second kappa shape index (κ2) is 15.7. The van der Waals surface area contributed by atoms with Gasteiger partial charge in [0.15, 0.2) is 12.6 Å². The lowest BCUT2D eigenvalue weighted by molar-refractivity contribution is -0.300. The van der Waals surface area contributed by atoms with Gasteiger partial charge in [-0.1, -0.05) is 0 Å². The van der Waals surface area contributed by atoms with Crippen LogP contribution in [0.5, 0.6) is 0 Å². The van der Waals surface area contributed by atoms with E-state index < -0.39 is 86.4 Å². The Morgan fingerprint density at radius 2 is 1.00 bits per heavy atom. The summed E-state index contributed by atoms with van der Waals surface area (Å²) < 4.78 is 20.8. The van der Waals surface area contributed by atoms with Crippen LogP contribution in [0.15, 0.2) is 0 Å². The van der Waals surface area contributed by atoms with Crippen LogP contribution in [0.2, 0.25) is 0 Å². The molecule has 0 saturated carbocycles. The number of aliphatic hydroxyl groups is 8. The molecule has 17 nitrogen and oxygen atoms in total. The van der Waals surface area contributed by atoms with Crippen molar-refractivity contribution >= 4 is 11.8 Å². The average molecular weight is 544 g/mol. The van der Waals surface area contributed by atoms with Gasteiger partial charge in [0.05, 0.1) is 39.5 Å². The van der Waals surface area contributed by atoms with Crippen molar-refractivity contribution in [3.8, 4) is 0 Å². The fraction of sp³-hybridized carbons (Fsp3) is 0.900. The van der Waals surface area contributed by atoms with Crippen molar-refractivity contribution in [1.29, 1.82) is 0 Å². The molecule has 11 N–H and O–H groups in total. The second-order valence-electron chi connectivity index (χ2n) is 8.44. The molecule has 0 spiro atoms.